The summed E-state index contributed by atoms with van der Waals surface area (Å²) in [5.74, 6) is 0.0783. The first kappa shape index (κ1) is 13.4. The molecule has 0 aliphatic rings. The van der Waals surface area contributed by atoms with E-state index in [0.717, 1.165) is 17.4 Å². The van der Waals surface area contributed by atoms with Gasteiger partial charge in [0.15, 0.2) is 11.7 Å². The minimum Gasteiger partial charge on any atom is -0.478 e. The number of fused-ring (bicyclic) bond motifs is 1. The maximum atomic E-state index is 11.8. The number of oxazole rings is 1. The van der Waals surface area contributed by atoms with E-state index < -0.39 is 5.97 Å². The molecule has 0 aliphatic carbocycles. The van der Waals surface area contributed by atoms with Crippen molar-refractivity contribution in [3.63, 3.8) is 0 Å². The second kappa shape index (κ2) is 5.05. The van der Waals surface area contributed by atoms with Crippen LogP contribution in [0.3, 0.4) is 0 Å². The Morgan fingerprint density at radius 3 is 2.71 bits per heavy atom. The fourth-order valence-electron chi connectivity index (χ4n) is 2.67. The average Bonchev–Trinajstić information content (AvgIpc) is 2.91. The van der Waals surface area contributed by atoms with Crippen LogP contribution in [0.15, 0.2) is 40.9 Å². The van der Waals surface area contributed by atoms with Crippen molar-refractivity contribution >= 4 is 16.7 Å². The van der Waals surface area contributed by atoms with E-state index in [1.54, 1.807) is 13.1 Å². The SMILES string of the molecule is CCc1cc2ccccc2c(C(=O)O)c1-c1cnc(C)o1. The Morgan fingerprint density at radius 1 is 1.33 bits per heavy atom. The van der Waals surface area contributed by atoms with Crippen LogP contribution < -0.4 is 0 Å². The molecular formula is C17H15NO3. The quantitative estimate of drug-likeness (QED) is 0.786. The maximum Gasteiger partial charge on any atom is 0.337 e. The summed E-state index contributed by atoms with van der Waals surface area (Å²) >= 11 is 0. The van der Waals surface area contributed by atoms with Crippen molar-refractivity contribution in [3.05, 3.63) is 53.5 Å². The fourth-order valence-corrected chi connectivity index (χ4v) is 2.67. The zero-order chi connectivity index (χ0) is 15.0. The highest BCUT2D eigenvalue weighted by atomic mass is 16.4. The summed E-state index contributed by atoms with van der Waals surface area (Å²) in [7, 11) is 0. The molecule has 1 heterocycles. The molecule has 21 heavy (non-hydrogen) atoms. The lowest BCUT2D eigenvalue weighted by Crippen LogP contribution is -2.04. The van der Waals surface area contributed by atoms with Gasteiger partial charge >= 0.3 is 5.97 Å². The Hall–Kier alpha value is -2.62. The molecule has 0 amide bonds. The van der Waals surface area contributed by atoms with Crippen LogP contribution in [0, 0.1) is 6.92 Å². The second-order valence-electron chi connectivity index (χ2n) is 4.91. The van der Waals surface area contributed by atoms with E-state index in [0.29, 0.717) is 22.6 Å². The van der Waals surface area contributed by atoms with Gasteiger partial charge in [-0.2, -0.15) is 0 Å². The number of benzene rings is 2. The number of carboxylic acid groups (broad SMARTS) is 1. The lowest BCUT2D eigenvalue weighted by Gasteiger charge is -2.12. The summed E-state index contributed by atoms with van der Waals surface area (Å²) in [6.45, 7) is 3.75. The number of carbonyl (C=O) groups is 1. The van der Waals surface area contributed by atoms with Gasteiger partial charge in [0.25, 0.3) is 0 Å². The molecule has 0 atom stereocenters. The van der Waals surface area contributed by atoms with Gasteiger partial charge in [-0.3, -0.25) is 0 Å². The Balaban J connectivity index is 2.45. The van der Waals surface area contributed by atoms with Crippen LogP contribution in [0.2, 0.25) is 0 Å². The summed E-state index contributed by atoms with van der Waals surface area (Å²) in [6, 6.07) is 9.53. The number of rotatable bonds is 3. The van der Waals surface area contributed by atoms with E-state index in [-0.39, 0.29) is 5.56 Å². The molecule has 106 valence electrons. The Labute approximate surface area is 122 Å². The van der Waals surface area contributed by atoms with Crippen molar-refractivity contribution in [1.29, 1.82) is 0 Å². The molecule has 1 aromatic heterocycles. The number of aromatic carboxylic acids is 1. The zero-order valence-electron chi connectivity index (χ0n) is 11.9. The summed E-state index contributed by atoms with van der Waals surface area (Å²) in [5.41, 5.74) is 1.85. The largest absolute Gasteiger partial charge is 0.478 e. The molecule has 0 saturated heterocycles. The van der Waals surface area contributed by atoms with E-state index in [4.69, 9.17) is 4.42 Å². The van der Waals surface area contributed by atoms with Gasteiger partial charge in [0.1, 0.15) is 0 Å². The normalized spacial score (nSPS) is 11.0. The van der Waals surface area contributed by atoms with Crippen molar-refractivity contribution in [3.8, 4) is 11.3 Å². The molecule has 3 rings (SSSR count). The minimum absolute atomic E-state index is 0.279. The number of hydrogen-bond donors (Lipinski definition) is 1. The third kappa shape index (κ3) is 2.18. The lowest BCUT2D eigenvalue weighted by molar-refractivity contribution is 0.0699. The fraction of sp³-hybridized carbons (Fsp3) is 0.176. The van der Waals surface area contributed by atoms with Crippen molar-refractivity contribution in [2.24, 2.45) is 0 Å². The van der Waals surface area contributed by atoms with Crippen LogP contribution >= 0.6 is 0 Å². The monoisotopic (exact) mass is 281 g/mol. The highest BCUT2D eigenvalue weighted by Crippen LogP contribution is 2.34. The maximum absolute atomic E-state index is 11.8. The van der Waals surface area contributed by atoms with Gasteiger partial charge in [-0.05, 0) is 22.8 Å². The average molecular weight is 281 g/mol. The number of hydrogen-bond acceptors (Lipinski definition) is 3. The summed E-state index contributed by atoms with van der Waals surface area (Å²) < 4.78 is 5.58. The smallest absolute Gasteiger partial charge is 0.337 e. The van der Waals surface area contributed by atoms with Gasteiger partial charge in [0.05, 0.1) is 11.8 Å². The number of nitrogens with zero attached hydrogens (tertiary/aromatic N) is 1. The van der Waals surface area contributed by atoms with E-state index in [1.807, 2.05) is 37.3 Å². The molecule has 4 nitrogen and oxygen atoms in total. The third-order valence-corrected chi connectivity index (χ3v) is 3.59. The second-order valence-corrected chi connectivity index (χ2v) is 4.91. The predicted molar refractivity (Wildman–Crippen MR) is 80.5 cm³/mol. The lowest BCUT2D eigenvalue weighted by atomic mass is 9.91. The van der Waals surface area contributed by atoms with Gasteiger partial charge in [-0.1, -0.05) is 37.3 Å². The highest BCUT2D eigenvalue weighted by molar-refractivity contribution is 6.10. The van der Waals surface area contributed by atoms with Crippen LogP contribution in [-0.4, -0.2) is 16.1 Å². The van der Waals surface area contributed by atoms with Gasteiger partial charge in [-0.25, -0.2) is 9.78 Å². The molecular weight excluding hydrogens is 266 g/mol. The van der Waals surface area contributed by atoms with Gasteiger partial charge in [0, 0.05) is 12.5 Å². The van der Waals surface area contributed by atoms with Crippen LogP contribution in [0.1, 0.15) is 28.7 Å². The molecule has 0 spiro atoms. The van der Waals surface area contributed by atoms with Gasteiger partial charge in [-0.15, -0.1) is 0 Å². The molecule has 1 N–H and O–H groups in total. The first-order chi connectivity index (χ1) is 10.1. The molecule has 0 bridgehead atoms. The molecule has 2 aromatic carbocycles. The Morgan fingerprint density at radius 2 is 2.10 bits per heavy atom. The Bertz CT molecular complexity index is 833. The molecule has 3 aromatic rings. The molecule has 0 aliphatic heterocycles. The van der Waals surface area contributed by atoms with Crippen LogP contribution in [0.4, 0.5) is 0 Å². The number of aromatic nitrogens is 1. The first-order valence-electron chi connectivity index (χ1n) is 6.82. The molecule has 0 radical (unpaired) electrons. The summed E-state index contributed by atoms with van der Waals surface area (Å²) in [5, 5.41) is 11.3. The van der Waals surface area contributed by atoms with Gasteiger partial charge < -0.3 is 9.52 Å². The van der Waals surface area contributed by atoms with Crippen molar-refractivity contribution in [2.75, 3.05) is 0 Å². The zero-order valence-corrected chi connectivity index (χ0v) is 11.9. The predicted octanol–water partition coefficient (Wildman–Crippen LogP) is 4.06. The molecule has 4 heteroatoms. The topological polar surface area (TPSA) is 63.3 Å². The minimum atomic E-state index is -0.953. The molecule has 0 saturated carbocycles. The van der Waals surface area contributed by atoms with E-state index in [1.165, 1.54) is 0 Å². The van der Waals surface area contributed by atoms with Crippen LogP contribution in [0.25, 0.3) is 22.1 Å². The van der Waals surface area contributed by atoms with E-state index >= 15 is 0 Å². The van der Waals surface area contributed by atoms with Gasteiger partial charge in [0.2, 0.25) is 0 Å². The van der Waals surface area contributed by atoms with Crippen LogP contribution in [-0.2, 0) is 6.42 Å². The summed E-state index contributed by atoms with van der Waals surface area (Å²) in [4.78, 5) is 15.9. The molecule has 0 fully saturated rings. The molecule has 0 unspecified atom stereocenters. The standard InChI is InChI=1S/C17H15NO3/c1-3-11-8-12-6-4-5-7-13(12)16(17(19)20)15(11)14-9-18-10(2)21-14/h4-9H,3H2,1-2H3,(H,19,20). The van der Waals surface area contributed by atoms with Crippen molar-refractivity contribution in [2.45, 2.75) is 20.3 Å². The van der Waals surface area contributed by atoms with Crippen molar-refractivity contribution < 1.29 is 14.3 Å². The van der Waals surface area contributed by atoms with E-state index in [2.05, 4.69) is 4.98 Å². The van der Waals surface area contributed by atoms with Crippen molar-refractivity contribution in [1.82, 2.24) is 4.98 Å². The van der Waals surface area contributed by atoms with Crippen LogP contribution in [0.5, 0.6) is 0 Å². The summed E-state index contributed by atoms with van der Waals surface area (Å²) in [6.07, 6.45) is 2.31. The first-order valence-corrected chi connectivity index (χ1v) is 6.82. The highest BCUT2D eigenvalue weighted by Gasteiger charge is 2.21. The number of carboxylic acids is 1. The van der Waals surface area contributed by atoms with E-state index in [9.17, 15) is 9.90 Å². The number of aryl methyl sites for hydroxylation is 2. The third-order valence-electron chi connectivity index (χ3n) is 3.59. The Kier molecular flexibility index (Phi) is 3.22.